The zero-order valence-electron chi connectivity index (χ0n) is 19.4. The molecule has 174 valence electrons. The molecule has 2 heterocycles. The van der Waals surface area contributed by atoms with Crippen LogP contribution in [0.2, 0.25) is 0 Å². The van der Waals surface area contributed by atoms with Crippen molar-refractivity contribution in [2.75, 3.05) is 13.1 Å². The van der Waals surface area contributed by atoms with E-state index in [0.29, 0.717) is 17.7 Å². The summed E-state index contributed by atoms with van der Waals surface area (Å²) in [4.78, 5) is 19.9. The topological polar surface area (TPSA) is 82.2 Å². The van der Waals surface area contributed by atoms with E-state index in [0.717, 1.165) is 56.4 Å². The fourth-order valence-corrected chi connectivity index (χ4v) is 5.91. The molecule has 1 aromatic heterocycles. The fraction of sp³-hybridized carbons (Fsp3) is 0.393. The Bertz CT molecular complexity index is 1260. The third kappa shape index (κ3) is 4.29. The molecule has 2 fully saturated rings. The smallest absolute Gasteiger partial charge is 0.253 e. The SMILES string of the molecule is N#Cc1cccc(CN2CCC(O)(Cn3cnc(-c4ccccc4)cc3=O)C3(CCCC3)C2)c1. The van der Waals surface area contributed by atoms with Crippen LogP contribution in [-0.4, -0.2) is 38.2 Å². The molecule has 2 aromatic carbocycles. The van der Waals surface area contributed by atoms with Crippen LogP contribution in [0.5, 0.6) is 0 Å². The Morgan fingerprint density at radius 2 is 1.82 bits per heavy atom. The lowest BCUT2D eigenvalue weighted by atomic mass is 9.65. The van der Waals surface area contributed by atoms with Crippen LogP contribution in [-0.2, 0) is 13.1 Å². The van der Waals surface area contributed by atoms with Gasteiger partial charge in [-0.25, -0.2) is 4.98 Å². The van der Waals surface area contributed by atoms with Crippen molar-refractivity contribution in [3.05, 3.63) is 88.5 Å². The van der Waals surface area contributed by atoms with Crippen LogP contribution in [0.3, 0.4) is 0 Å². The molecule has 1 aliphatic carbocycles. The first kappa shape index (κ1) is 22.5. The minimum atomic E-state index is -0.950. The Hall–Kier alpha value is -3.27. The molecule has 1 N–H and O–H groups in total. The summed E-state index contributed by atoms with van der Waals surface area (Å²) in [5, 5.41) is 21.2. The van der Waals surface area contributed by atoms with Gasteiger partial charge in [0, 0.05) is 36.7 Å². The molecule has 0 bridgehead atoms. The number of aliphatic hydroxyl groups is 1. The summed E-state index contributed by atoms with van der Waals surface area (Å²) in [5.74, 6) is 0. The Morgan fingerprint density at radius 3 is 2.56 bits per heavy atom. The Labute approximate surface area is 200 Å². The minimum Gasteiger partial charge on any atom is -0.387 e. The van der Waals surface area contributed by atoms with E-state index >= 15 is 0 Å². The first-order valence-electron chi connectivity index (χ1n) is 12.1. The summed E-state index contributed by atoms with van der Waals surface area (Å²) < 4.78 is 1.58. The normalized spacial score (nSPS) is 22.0. The van der Waals surface area contributed by atoms with Crippen molar-refractivity contribution in [2.24, 2.45) is 5.41 Å². The van der Waals surface area contributed by atoms with Crippen LogP contribution in [0.15, 0.2) is 71.8 Å². The molecule has 1 unspecified atom stereocenters. The Balaban J connectivity index is 1.36. The van der Waals surface area contributed by atoms with E-state index in [1.807, 2.05) is 48.5 Å². The maximum Gasteiger partial charge on any atom is 0.253 e. The second-order valence-corrected chi connectivity index (χ2v) is 9.90. The minimum absolute atomic E-state index is 0.133. The van der Waals surface area contributed by atoms with E-state index in [-0.39, 0.29) is 17.5 Å². The highest BCUT2D eigenvalue weighted by atomic mass is 16.3. The van der Waals surface area contributed by atoms with Crippen LogP contribution < -0.4 is 5.56 Å². The number of hydrogen-bond donors (Lipinski definition) is 1. The van der Waals surface area contributed by atoms with E-state index in [4.69, 9.17) is 0 Å². The number of benzene rings is 2. The third-order valence-corrected chi connectivity index (χ3v) is 7.76. The van der Waals surface area contributed by atoms with Gasteiger partial charge in [-0.1, -0.05) is 55.3 Å². The van der Waals surface area contributed by atoms with Gasteiger partial charge in [-0.2, -0.15) is 5.26 Å². The summed E-state index contributed by atoms with van der Waals surface area (Å²) in [6.07, 6.45) is 6.31. The van der Waals surface area contributed by atoms with Crippen molar-refractivity contribution < 1.29 is 5.11 Å². The first-order chi connectivity index (χ1) is 16.5. The molecule has 34 heavy (non-hydrogen) atoms. The average Bonchev–Trinajstić information content (AvgIpc) is 3.33. The number of likely N-dealkylation sites (tertiary alicyclic amines) is 1. The van der Waals surface area contributed by atoms with Crippen molar-refractivity contribution in [3.8, 4) is 17.3 Å². The van der Waals surface area contributed by atoms with E-state index in [1.54, 1.807) is 17.0 Å². The quantitative estimate of drug-likeness (QED) is 0.631. The number of hydrogen-bond acceptors (Lipinski definition) is 5. The summed E-state index contributed by atoms with van der Waals surface area (Å²) in [5.41, 5.74) is 2.03. The van der Waals surface area contributed by atoms with Gasteiger partial charge in [-0.3, -0.25) is 14.3 Å². The standard InChI is InChI=1S/C28H30N4O2/c29-17-22-7-6-8-23(15-22)18-31-14-13-28(34,27(19-31)11-4-5-12-27)20-32-21-30-25(16-26(32)33)24-9-2-1-3-10-24/h1-3,6-10,15-16,21,34H,4-5,11-14,18-20H2. The molecule has 2 aliphatic rings. The van der Waals surface area contributed by atoms with Crippen molar-refractivity contribution in [1.29, 1.82) is 5.26 Å². The second-order valence-electron chi connectivity index (χ2n) is 9.90. The van der Waals surface area contributed by atoms with Gasteiger partial charge in [0.2, 0.25) is 0 Å². The maximum absolute atomic E-state index is 13.0. The number of rotatable bonds is 5. The van der Waals surface area contributed by atoms with Gasteiger partial charge in [-0.05, 0) is 37.0 Å². The first-order valence-corrected chi connectivity index (χ1v) is 12.1. The fourth-order valence-electron chi connectivity index (χ4n) is 5.91. The number of aromatic nitrogens is 2. The van der Waals surface area contributed by atoms with Gasteiger partial charge in [-0.15, -0.1) is 0 Å². The molecule has 6 heteroatoms. The van der Waals surface area contributed by atoms with Crippen LogP contribution in [0.4, 0.5) is 0 Å². The summed E-state index contributed by atoms with van der Waals surface area (Å²) >= 11 is 0. The molecule has 3 aromatic rings. The molecule has 1 spiro atoms. The lowest BCUT2D eigenvalue weighted by Gasteiger charge is -2.52. The monoisotopic (exact) mass is 454 g/mol. The highest BCUT2D eigenvalue weighted by Gasteiger charge is 2.54. The van der Waals surface area contributed by atoms with Crippen molar-refractivity contribution >= 4 is 0 Å². The summed E-state index contributed by atoms with van der Waals surface area (Å²) in [6.45, 7) is 2.58. The molecule has 0 amide bonds. The van der Waals surface area contributed by atoms with Crippen LogP contribution in [0.1, 0.15) is 43.2 Å². The predicted molar refractivity (Wildman–Crippen MR) is 131 cm³/mol. The highest BCUT2D eigenvalue weighted by molar-refractivity contribution is 5.57. The van der Waals surface area contributed by atoms with Gasteiger partial charge in [0.05, 0.1) is 35.8 Å². The summed E-state index contributed by atoms with van der Waals surface area (Å²) in [7, 11) is 0. The molecule has 5 rings (SSSR count). The van der Waals surface area contributed by atoms with Crippen molar-refractivity contribution in [1.82, 2.24) is 14.5 Å². The number of piperidine rings is 1. The zero-order chi connectivity index (χ0) is 23.6. The number of nitriles is 1. The largest absolute Gasteiger partial charge is 0.387 e. The van der Waals surface area contributed by atoms with Gasteiger partial charge in [0.15, 0.2) is 0 Å². The summed E-state index contributed by atoms with van der Waals surface area (Å²) in [6, 6.07) is 21.2. The second kappa shape index (κ2) is 9.17. The molecular formula is C28H30N4O2. The molecule has 1 atom stereocenters. The van der Waals surface area contributed by atoms with E-state index in [9.17, 15) is 15.2 Å². The molecular weight excluding hydrogens is 424 g/mol. The molecule has 1 saturated carbocycles. The van der Waals surface area contributed by atoms with E-state index in [1.165, 1.54) is 0 Å². The average molecular weight is 455 g/mol. The van der Waals surface area contributed by atoms with Crippen LogP contribution in [0, 0.1) is 16.7 Å². The molecule has 0 radical (unpaired) electrons. The van der Waals surface area contributed by atoms with Gasteiger partial charge >= 0.3 is 0 Å². The van der Waals surface area contributed by atoms with Gasteiger partial charge in [0.1, 0.15) is 0 Å². The zero-order valence-corrected chi connectivity index (χ0v) is 19.4. The van der Waals surface area contributed by atoms with Crippen LogP contribution >= 0.6 is 0 Å². The highest BCUT2D eigenvalue weighted by Crippen LogP contribution is 2.51. The lowest BCUT2D eigenvalue weighted by molar-refractivity contribution is -0.144. The molecule has 6 nitrogen and oxygen atoms in total. The number of nitrogens with zero attached hydrogens (tertiary/aromatic N) is 4. The van der Waals surface area contributed by atoms with Crippen LogP contribution in [0.25, 0.3) is 11.3 Å². The molecule has 1 saturated heterocycles. The third-order valence-electron chi connectivity index (χ3n) is 7.76. The molecule has 1 aliphatic heterocycles. The Kier molecular flexibility index (Phi) is 6.07. The Morgan fingerprint density at radius 1 is 1.03 bits per heavy atom. The van der Waals surface area contributed by atoms with Crippen molar-refractivity contribution in [3.63, 3.8) is 0 Å². The predicted octanol–water partition coefficient (Wildman–Crippen LogP) is 3.98. The maximum atomic E-state index is 13.0. The van der Waals surface area contributed by atoms with E-state index < -0.39 is 5.60 Å². The lowest BCUT2D eigenvalue weighted by Crippen LogP contribution is -2.61. The van der Waals surface area contributed by atoms with Crippen molar-refractivity contribution in [2.45, 2.75) is 50.8 Å². The van der Waals surface area contributed by atoms with Gasteiger partial charge < -0.3 is 5.11 Å². The van der Waals surface area contributed by atoms with Gasteiger partial charge in [0.25, 0.3) is 5.56 Å². The van der Waals surface area contributed by atoms with E-state index in [2.05, 4.69) is 22.0 Å².